The van der Waals surface area contributed by atoms with Gasteiger partial charge >= 0.3 is 5.97 Å². The third kappa shape index (κ3) is 43.2. The number of hydrogen-bond acceptors (Lipinski definition) is 5. The number of nitrogens with one attached hydrogen (secondary N) is 1. The number of aliphatic hydroxyl groups is 2. The molecule has 62 heavy (non-hydrogen) atoms. The van der Waals surface area contributed by atoms with Gasteiger partial charge in [0.25, 0.3) is 0 Å². The number of rotatable bonds is 43. The van der Waals surface area contributed by atoms with Gasteiger partial charge in [-0.15, -0.1) is 0 Å². The predicted octanol–water partition coefficient (Wildman–Crippen LogP) is 15.1. The largest absolute Gasteiger partial charge is 0.462 e. The highest BCUT2D eigenvalue weighted by atomic mass is 16.5. The molecule has 0 heterocycles. The number of amides is 1. The van der Waals surface area contributed by atoms with E-state index < -0.39 is 18.2 Å². The van der Waals surface area contributed by atoms with Crippen LogP contribution < -0.4 is 5.32 Å². The van der Waals surface area contributed by atoms with Crippen LogP contribution in [0, 0.1) is 0 Å². The lowest BCUT2D eigenvalue weighted by Gasteiger charge is -2.24. The van der Waals surface area contributed by atoms with Crippen molar-refractivity contribution < 1.29 is 24.5 Å². The second kappa shape index (κ2) is 48.6. The van der Waals surface area contributed by atoms with E-state index in [9.17, 15) is 19.8 Å². The first kappa shape index (κ1) is 58.5. The molecule has 3 unspecified atom stereocenters. The summed E-state index contributed by atoms with van der Waals surface area (Å²) in [5.41, 5.74) is 0. The standard InChI is InChI=1S/C56H93NO5/c1-4-7-10-13-16-19-22-24-26-27-28-29-30-32-34-37-40-43-46-49-56(61)62-52(47-44-41-38-35-33-31-25-23-20-17-14-11-8-5-2)50-55(60)57-53(51-58)54(59)48-45-42-39-36-21-18-15-12-9-6-3/h7-8,10-11,16-17,19-20,24-26,28-29,31-32,34-35,38,52-54,58-59H,4-6,9,12-15,18,21-23,27,30,33,36-37,39-51H2,1-3H3,(H,57,60)/b10-7-,11-8+,19-16-,20-17+,26-24-,29-28-,31-25+,34-32-,38-35+. The highest BCUT2D eigenvalue weighted by molar-refractivity contribution is 5.77. The van der Waals surface area contributed by atoms with Crippen molar-refractivity contribution in [1.82, 2.24) is 5.32 Å². The van der Waals surface area contributed by atoms with Gasteiger partial charge < -0.3 is 20.3 Å². The Labute approximate surface area is 381 Å². The lowest BCUT2D eigenvalue weighted by atomic mass is 10.0. The summed E-state index contributed by atoms with van der Waals surface area (Å²) >= 11 is 0. The molecule has 0 aliphatic rings. The van der Waals surface area contributed by atoms with Crippen LogP contribution in [0.4, 0.5) is 0 Å². The summed E-state index contributed by atoms with van der Waals surface area (Å²) in [6.45, 7) is 6.20. The van der Waals surface area contributed by atoms with E-state index in [2.05, 4.69) is 135 Å². The summed E-state index contributed by atoms with van der Waals surface area (Å²) in [5, 5.41) is 23.7. The Bertz CT molecular complexity index is 1280. The fourth-order valence-electron chi connectivity index (χ4n) is 6.86. The van der Waals surface area contributed by atoms with Crippen LogP contribution in [0.1, 0.15) is 207 Å². The highest BCUT2D eigenvalue weighted by Gasteiger charge is 2.24. The van der Waals surface area contributed by atoms with Gasteiger partial charge in [-0.05, 0) is 103 Å². The molecule has 0 saturated carbocycles. The summed E-state index contributed by atoms with van der Waals surface area (Å²) in [5.74, 6) is -0.578. The molecule has 0 radical (unpaired) electrons. The molecule has 0 aromatic heterocycles. The average molecular weight is 860 g/mol. The zero-order valence-electron chi connectivity index (χ0n) is 40.0. The Balaban J connectivity index is 4.74. The van der Waals surface area contributed by atoms with E-state index in [4.69, 9.17) is 4.74 Å². The molecule has 0 aromatic rings. The van der Waals surface area contributed by atoms with Gasteiger partial charge in [0.05, 0.1) is 25.2 Å². The van der Waals surface area contributed by atoms with Crippen molar-refractivity contribution in [2.75, 3.05) is 6.61 Å². The fourth-order valence-corrected chi connectivity index (χ4v) is 6.86. The molecule has 0 spiro atoms. The molecule has 6 nitrogen and oxygen atoms in total. The number of esters is 1. The zero-order chi connectivity index (χ0) is 45.2. The van der Waals surface area contributed by atoms with E-state index in [-0.39, 0.29) is 24.9 Å². The molecule has 0 aromatic carbocycles. The Morgan fingerprint density at radius 2 is 0.887 bits per heavy atom. The van der Waals surface area contributed by atoms with Crippen LogP contribution in [-0.2, 0) is 14.3 Å². The minimum absolute atomic E-state index is 0.0193. The molecular weight excluding hydrogens is 767 g/mol. The fraction of sp³-hybridized carbons (Fsp3) is 0.643. The Hall–Kier alpha value is -3.48. The molecule has 0 rings (SSSR count). The SMILES string of the molecule is CC/C=C\C/C=C\C/C=C\C/C=C\C/C=C\CCCCCC(=O)OC(CCC/C=C/C/C=C/C/C=C/C/C=C/CC)CC(=O)NC(CO)C(O)CCCCCCCCCCCC. The smallest absolute Gasteiger partial charge is 0.306 e. The Morgan fingerprint density at radius 1 is 0.484 bits per heavy atom. The van der Waals surface area contributed by atoms with Crippen molar-refractivity contribution in [1.29, 1.82) is 0 Å². The summed E-state index contributed by atoms with van der Waals surface area (Å²) < 4.78 is 5.88. The maximum absolute atomic E-state index is 13.2. The summed E-state index contributed by atoms with van der Waals surface area (Å²) in [6, 6.07) is -0.732. The number of hydrogen-bond donors (Lipinski definition) is 3. The van der Waals surface area contributed by atoms with Crippen LogP contribution >= 0.6 is 0 Å². The first-order valence-corrected chi connectivity index (χ1v) is 25.1. The highest BCUT2D eigenvalue weighted by Crippen LogP contribution is 2.16. The van der Waals surface area contributed by atoms with Crippen molar-refractivity contribution >= 4 is 11.9 Å². The van der Waals surface area contributed by atoms with Crippen molar-refractivity contribution in [2.45, 2.75) is 225 Å². The maximum atomic E-state index is 13.2. The van der Waals surface area contributed by atoms with Crippen LogP contribution in [0.15, 0.2) is 109 Å². The van der Waals surface area contributed by atoms with E-state index in [0.717, 1.165) is 116 Å². The van der Waals surface area contributed by atoms with Gasteiger partial charge in [0.15, 0.2) is 0 Å². The van der Waals surface area contributed by atoms with Crippen molar-refractivity contribution in [3.05, 3.63) is 109 Å². The molecule has 6 heteroatoms. The molecule has 0 aliphatic carbocycles. The van der Waals surface area contributed by atoms with Crippen molar-refractivity contribution in [3.8, 4) is 0 Å². The van der Waals surface area contributed by atoms with Crippen LogP contribution in [0.3, 0.4) is 0 Å². The first-order chi connectivity index (χ1) is 30.5. The minimum atomic E-state index is -0.813. The third-order valence-electron chi connectivity index (χ3n) is 10.6. The number of carbonyl (C=O) groups is 2. The third-order valence-corrected chi connectivity index (χ3v) is 10.6. The average Bonchev–Trinajstić information content (AvgIpc) is 3.26. The van der Waals surface area contributed by atoms with Crippen molar-refractivity contribution in [3.63, 3.8) is 0 Å². The number of carbonyl (C=O) groups excluding carboxylic acids is 2. The topological polar surface area (TPSA) is 95.9 Å². The number of ether oxygens (including phenoxy) is 1. The predicted molar refractivity (Wildman–Crippen MR) is 268 cm³/mol. The second-order valence-corrected chi connectivity index (χ2v) is 16.4. The van der Waals surface area contributed by atoms with Crippen molar-refractivity contribution in [2.24, 2.45) is 0 Å². The lowest BCUT2D eigenvalue weighted by molar-refractivity contribution is -0.151. The van der Waals surface area contributed by atoms with Gasteiger partial charge in [0, 0.05) is 6.42 Å². The van der Waals surface area contributed by atoms with Crippen LogP contribution in [0.5, 0.6) is 0 Å². The van der Waals surface area contributed by atoms with Gasteiger partial charge in [-0.1, -0.05) is 201 Å². The molecule has 1 amide bonds. The monoisotopic (exact) mass is 860 g/mol. The van der Waals surface area contributed by atoms with E-state index in [1.165, 1.54) is 44.9 Å². The molecule has 0 bridgehead atoms. The van der Waals surface area contributed by atoms with E-state index in [1.807, 2.05) is 0 Å². The van der Waals surface area contributed by atoms with Gasteiger partial charge in [-0.2, -0.15) is 0 Å². The molecule has 352 valence electrons. The quantitative estimate of drug-likeness (QED) is 0.0322. The van der Waals surface area contributed by atoms with Crippen LogP contribution in [-0.4, -0.2) is 46.9 Å². The van der Waals surface area contributed by atoms with Gasteiger partial charge in [0.2, 0.25) is 5.91 Å². The molecule has 0 fully saturated rings. The van der Waals surface area contributed by atoms with E-state index >= 15 is 0 Å². The molecule has 3 atom stereocenters. The zero-order valence-corrected chi connectivity index (χ0v) is 40.0. The summed E-state index contributed by atoms with van der Waals surface area (Å²) in [6.07, 6.45) is 65.8. The molecule has 0 aliphatic heterocycles. The maximum Gasteiger partial charge on any atom is 0.306 e. The second-order valence-electron chi connectivity index (χ2n) is 16.4. The van der Waals surface area contributed by atoms with Crippen LogP contribution in [0.25, 0.3) is 0 Å². The van der Waals surface area contributed by atoms with Gasteiger partial charge in [-0.3, -0.25) is 9.59 Å². The molecule has 0 saturated heterocycles. The summed E-state index contributed by atoms with van der Waals surface area (Å²) in [4.78, 5) is 26.1. The molecule has 3 N–H and O–H groups in total. The normalized spacial score (nSPS) is 14.2. The molecular formula is C56H93NO5. The van der Waals surface area contributed by atoms with E-state index in [0.29, 0.717) is 19.3 Å². The minimum Gasteiger partial charge on any atom is -0.462 e. The Kier molecular flexibility index (Phi) is 45.8. The number of aliphatic hydroxyl groups excluding tert-OH is 2. The first-order valence-electron chi connectivity index (χ1n) is 25.1. The lowest BCUT2D eigenvalue weighted by Crippen LogP contribution is -2.46. The number of allylic oxidation sites excluding steroid dienone is 18. The van der Waals surface area contributed by atoms with Crippen LogP contribution in [0.2, 0.25) is 0 Å². The van der Waals surface area contributed by atoms with Gasteiger partial charge in [0.1, 0.15) is 6.10 Å². The number of unbranched alkanes of at least 4 members (excludes halogenated alkanes) is 13. The summed E-state index contributed by atoms with van der Waals surface area (Å²) in [7, 11) is 0. The van der Waals surface area contributed by atoms with E-state index in [1.54, 1.807) is 0 Å². The van der Waals surface area contributed by atoms with Gasteiger partial charge in [-0.25, -0.2) is 0 Å². The Morgan fingerprint density at radius 3 is 1.34 bits per heavy atom.